The van der Waals surface area contributed by atoms with Gasteiger partial charge in [-0.2, -0.15) is 5.10 Å². The molecule has 2 unspecified atom stereocenters. The second kappa shape index (κ2) is 5.99. The smallest absolute Gasteiger partial charge is 0.0538 e. The Morgan fingerprint density at radius 3 is 2.53 bits per heavy atom. The van der Waals surface area contributed by atoms with Crippen molar-refractivity contribution in [3.8, 4) is 0 Å². The summed E-state index contributed by atoms with van der Waals surface area (Å²) >= 11 is 0. The second-order valence-electron chi connectivity index (χ2n) is 5.15. The van der Waals surface area contributed by atoms with Crippen LogP contribution in [0, 0.1) is 0 Å². The van der Waals surface area contributed by atoms with Crippen LogP contribution in [0.1, 0.15) is 24.1 Å². The molecular weight excluding hydrogens is 236 g/mol. The van der Waals surface area contributed by atoms with Crippen LogP contribution in [0.3, 0.4) is 0 Å². The molecule has 0 amide bonds. The molecule has 2 N–H and O–H groups in total. The molecule has 19 heavy (non-hydrogen) atoms. The van der Waals surface area contributed by atoms with Gasteiger partial charge in [0, 0.05) is 31.4 Å². The zero-order valence-electron chi connectivity index (χ0n) is 11.8. The van der Waals surface area contributed by atoms with Crippen molar-refractivity contribution in [2.75, 3.05) is 7.05 Å². The molecule has 0 saturated carbocycles. The first-order chi connectivity index (χ1) is 9.08. The van der Waals surface area contributed by atoms with Gasteiger partial charge in [-0.25, -0.2) is 0 Å². The minimum atomic E-state index is 0.0536. The Hall–Kier alpha value is -1.65. The molecule has 1 aromatic carbocycles. The number of likely N-dealkylation sites (N-methyl/N-ethyl adjacent to an activating group) is 1. The number of hydrogen-bond donors (Lipinski definition) is 1. The Morgan fingerprint density at radius 2 is 2.00 bits per heavy atom. The number of benzene rings is 1. The Balaban J connectivity index is 2.15. The fourth-order valence-corrected chi connectivity index (χ4v) is 2.52. The maximum atomic E-state index is 6.15. The average Bonchev–Trinajstić information content (AvgIpc) is 2.76. The Bertz CT molecular complexity index is 504. The summed E-state index contributed by atoms with van der Waals surface area (Å²) < 4.78 is 1.82. The van der Waals surface area contributed by atoms with Crippen molar-refractivity contribution in [2.45, 2.75) is 25.6 Å². The minimum absolute atomic E-state index is 0.0536. The maximum absolute atomic E-state index is 6.15. The molecule has 1 heterocycles. The summed E-state index contributed by atoms with van der Waals surface area (Å²) in [7, 11) is 4.03. The third-order valence-electron chi connectivity index (χ3n) is 3.31. The van der Waals surface area contributed by atoms with Crippen molar-refractivity contribution in [3.63, 3.8) is 0 Å². The Kier molecular flexibility index (Phi) is 4.35. The van der Waals surface area contributed by atoms with Gasteiger partial charge in [-0.1, -0.05) is 30.3 Å². The summed E-state index contributed by atoms with van der Waals surface area (Å²) in [6.45, 7) is 2.92. The van der Waals surface area contributed by atoms with Crippen LogP contribution in [0.15, 0.2) is 42.7 Å². The summed E-state index contributed by atoms with van der Waals surface area (Å²) in [4.78, 5) is 2.27. The molecule has 0 radical (unpaired) electrons. The van der Waals surface area contributed by atoms with Crippen LogP contribution in [0.4, 0.5) is 0 Å². The third-order valence-corrected chi connectivity index (χ3v) is 3.31. The molecule has 4 nitrogen and oxygen atoms in total. The highest BCUT2D eigenvalue weighted by atomic mass is 15.2. The monoisotopic (exact) mass is 258 g/mol. The number of hydrogen-bond acceptors (Lipinski definition) is 3. The summed E-state index contributed by atoms with van der Waals surface area (Å²) in [6, 6.07) is 10.7. The van der Waals surface area contributed by atoms with Gasteiger partial charge >= 0.3 is 0 Å². The highest BCUT2D eigenvalue weighted by Gasteiger charge is 2.22. The molecule has 2 atom stereocenters. The molecular formula is C15H22N4. The van der Waals surface area contributed by atoms with Gasteiger partial charge in [0.1, 0.15) is 0 Å². The van der Waals surface area contributed by atoms with Crippen molar-refractivity contribution >= 4 is 0 Å². The van der Waals surface area contributed by atoms with Crippen LogP contribution in [0.25, 0.3) is 0 Å². The van der Waals surface area contributed by atoms with Crippen LogP contribution in [0.5, 0.6) is 0 Å². The number of rotatable bonds is 5. The molecule has 2 rings (SSSR count). The maximum Gasteiger partial charge on any atom is 0.0538 e. The van der Waals surface area contributed by atoms with Crippen molar-refractivity contribution in [1.29, 1.82) is 0 Å². The zero-order valence-corrected chi connectivity index (χ0v) is 11.8. The summed E-state index contributed by atoms with van der Waals surface area (Å²) in [6.07, 6.45) is 3.94. The molecule has 0 aliphatic carbocycles. The van der Waals surface area contributed by atoms with Crippen LogP contribution >= 0.6 is 0 Å². The van der Waals surface area contributed by atoms with Gasteiger partial charge in [0.15, 0.2) is 0 Å². The Morgan fingerprint density at radius 1 is 1.32 bits per heavy atom. The van der Waals surface area contributed by atoms with Gasteiger partial charge < -0.3 is 5.73 Å². The first-order valence-corrected chi connectivity index (χ1v) is 6.56. The normalized spacial score (nSPS) is 14.6. The van der Waals surface area contributed by atoms with E-state index >= 15 is 0 Å². The molecule has 0 bridgehead atoms. The summed E-state index contributed by atoms with van der Waals surface area (Å²) in [5.41, 5.74) is 8.61. The highest BCUT2D eigenvalue weighted by molar-refractivity contribution is 5.17. The molecule has 0 fully saturated rings. The molecule has 0 aliphatic rings. The Labute approximate surface area is 114 Å². The van der Waals surface area contributed by atoms with Crippen LogP contribution in [0.2, 0.25) is 0 Å². The van der Waals surface area contributed by atoms with E-state index in [1.54, 1.807) is 0 Å². The number of aromatic nitrogens is 2. The summed E-state index contributed by atoms with van der Waals surface area (Å²) in [5.74, 6) is 0. The lowest BCUT2D eigenvalue weighted by Gasteiger charge is -2.30. The quantitative estimate of drug-likeness (QED) is 0.891. The van der Waals surface area contributed by atoms with Crippen molar-refractivity contribution in [3.05, 3.63) is 53.9 Å². The van der Waals surface area contributed by atoms with Gasteiger partial charge in [-0.05, 0) is 19.5 Å². The van der Waals surface area contributed by atoms with Gasteiger partial charge in [0.05, 0.1) is 12.2 Å². The lowest BCUT2D eigenvalue weighted by atomic mass is 10.0. The fourth-order valence-electron chi connectivity index (χ4n) is 2.52. The average molecular weight is 258 g/mol. The van der Waals surface area contributed by atoms with E-state index in [1.165, 1.54) is 5.56 Å². The number of aryl methyl sites for hydroxylation is 1. The van der Waals surface area contributed by atoms with E-state index in [0.29, 0.717) is 0 Å². The van der Waals surface area contributed by atoms with Crippen LogP contribution in [-0.4, -0.2) is 27.8 Å². The fraction of sp³-hybridized carbons (Fsp3) is 0.400. The molecule has 1 aromatic heterocycles. The minimum Gasteiger partial charge on any atom is -0.326 e. The molecule has 0 spiro atoms. The number of nitrogens with two attached hydrogens (primary N) is 1. The van der Waals surface area contributed by atoms with Gasteiger partial charge in [-0.15, -0.1) is 0 Å². The molecule has 0 aliphatic heterocycles. The van der Waals surface area contributed by atoms with E-state index in [-0.39, 0.29) is 12.1 Å². The largest absolute Gasteiger partial charge is 0.326 e. The zero-order chi connectivity index (χ0) is 13.8. The van der Waals surface area contributed by atoms with E-state index in [4.69, 9.17) is 5.73 Å². The first kappa shape index (κ1) is 13.8. The van der Waals surface area contributed by atoms with E-state index < -0.39 is 0 Å². The van der Waals surface area contributed by atoms with Gasteiger partial charge in [0.25, 0.3) is 0 Å². The SMILES string of the molecule is CC(N)C(c1cnn(C)c1)N(C)Cc1ccccc1. The third kappa shape index (κ3) is 3.43. The van der Waals surface area contributed by atoms with E-state index in [1.807, 2.05) is 37.1 Å². The topological polar surface area (TPSA) is 47.1 Å². The van der Waals surface area contributed by atoms with Crippen LogP contribution < -0.4 is 5.73 Å². The van der Waals surface area contributed by atoms with Crippen molar-refractivity contribution in [2.24, 2.45) is 12.8 Å². The number of nitrogens with zero attached hydrogens (tertiary/aromatic N) is 3. The van der Waals surface area contributed by atoms with Crippen molar-refractivity contribution in [1.82, 2.24) is 14.7 Å². The van der Waals surface area contributed by atoms with Gasteiger partial charge in [-0.3, -0.25) is 9.58 Å². The van der Waals surface area contributed by atoms with E-state index in [0.717, 1.165) is 12.1 Å². The molecule has 0 saturated heterocycles. The predicted molar refractivity (Wildman–Crippen MR) is 77.5 cm³/mol. The standard InChI is InChI=1S/C15H22N4/c1-12(16)15(14-9-17-19(3)11-14)18(2)10-13-7-5-4-6-8-13/h4-9,11-12,15H,10,16H2,1-3H3. The molecule has 2 aromatic rings. The van der Waals surface area contributed by atoms with E-state index in [2.05, 4.69) is 41.3 Å². The van der Waals surface area contributed by atoms with Gasteiger partial charge in [0.2, 0.25) is 0 Å². The summed E-state index contributed by atoms with van der Waals surface area (Å²) in [5, 5.41) is 4.24. The van der Waals surface area contributed by atoms with Crippen LogP contribution in [-0.2, 0) is 13.6 Å². The molecule has 102 valence electrons. The second-order valence-corrected chi connectivity index (χ2v) is 5.15. The lowest BCUT2D eigenvalue weighted by molar-refractivity contribution is 0.211. The first-order valence-electron chi connectivity index (χ1n) is 6.56. The van der Waals surface area contributed by atoms with E-state index in [9.17, 15) is 0 Å². The highest BCUT2D eigenvalue weighted by Crippen LogP contribution is 2.23. The lowest BCUT2D eigenvalue weighted by Crippen LogP contribution is -2.36. The van der Waals surface area contributed by atoms with Crippen molar-refractivity contribution < 1.29 is 0 Å². The molecule has 4 heteroatoms. The predicted octanol–water partition coefficient (Wildman–Crippen LogP) is 1.94.